The average Bonchev–Trinajstić information content (AvgIpc) is 3.43. The van der Waals surface area contributed by atoms with Crippen LogP contribution < -0.4 is 15.8 Å². The first-order chi connectivity index (χ1) is 13.7. The molecule has 152 valence electrons. The molecular formula is C20H20F2N4O3. The Morgan fingerprint density at radius 1 is 1.45 bits per heavy atom. The van der Waals surface area contributed by atoms with Crippen molar-refractivity contribution in [2.75, 3.05) is 24.5 Å². The van der Waals surface area contributed by atoms with Crippen LogP contribution >= 0.6 is 0 Å². The van der Waals surface area contributed by atoms with Crippen molar-refractivity contribution in [2.24, 2.45) is 0 Å². The molecule has 1 aromatic heterocycles. The number of alkyl halides is 1. The van der Waals surface area contributed by atoms with Gasteiger partial charge in [0.15, 0.2) is 0 Å². The lowest BCUT2D eigenvalue weighted by Crippen LogP contribution is -2.41. The van der Waals surface area contributed by atoms with Crippen LogP contribution in [0.25, 0.3) is 10.9 Å². The number of nitrogens with one attached hydrogen (secondary N) is 1. The molecule has 1 aliphatic heterocycles. The summed E-state index contributed by atoms with van der Waals surface area (Å²) in [7, 11) is 0. The molecule has 9 heteroatoms. The lowest BCUT2D eigenvalue weighted by Gasteiger charge is -2.25. The highest BCUT2D eigenvalue weighted by atomic mass is 19.1. The number of aryl methyl sites for hydroxylation is 1. The fourth-order valence-corrected chi connectivity index (χ4v) is 4.21. The quantitative estimate of drug-likeness (QED) is 0.820. The van der Waals surface area contributed by atoms with Gasteiger partial charge in [-0.2, -0.15) is 5.26 Å². The predicted molar refractivity (Wildman–Crippen MR) is 103 cm³/mol. The Morgan fingerprint density at radius 3 is 2.79 bits per heavy atom. The molecule has 29 heavy (non-hydrogen) atoms. The minimum atomic E-state index is -1.80. The van der Waals surface area contributed by atoms with E-state index in [1.54, 1.807) is 16.4 Å². The van der Waals surface area contributed by atoms with Crippen LogP contribution in [0, 0.1) is 24.1 Å². The molecule has 1 unspecified atom stereocenters. The Labute approximate surface area is 165 Å². The van der Waals surface area contributed by atoms with Gasteiger partial charge in [0.1, 0.15) is 23.1 Å². The molecule has 1 atom stereocenters. The SMILES string of the molecule is Cc1c(N2CCC(F)(CNC(=O)O)C2)c(F)cc2cc(C#N)c(=O)n(C3CC3)c12. The third-order valence-corrected chi connectivity index (χ3v) is 5.69. The second kappa shape index (κ2) is 6.72. The molecule has 4 rings (SSSR count). The summed E-state index contributed by atoms with van der Waals surface area (Å²) in [6.45, 7) is 1.40. The first-order valence-electron chi connectivity index (χ1n) is 9.43. The Balaban J connectivity index is 1.81. The zero-order valence-corrected chi connectivity index (χ0v) is 15.8. The van der Waals surface area contributed by atoms with Gasteiger partial charge in [0, 0.05) is 24.4 Å². The van der Waals surface area contributed by atoms with Gasteiger partial charge in [-0.3, -0.25) is 4.79 Å². The van der Waals surface area contributed by atoms with Crippen molar-refractivity contribution < 1.29 is 18.7 Å². The molecule has 7 nitrogen and oxygen atoms in total. The normalized spacial score (nSPS) is 21.4. The van der Waals surface area contributed by atoms with E-state index in [0.717, 1.165) is 12.8 Å². The van der Waals surface area contributed by atoms with Crippen LogP contribution in [0.5, 0.6) is 0 Å². The molecule has 2 heterocycles. The van der Waals surface area contributed by atoms with Crippen molar-refractivity contribution in [1.29, 1.82) is 5.26 Å². The van der Waals surface area contributed by atoms with E-state index in [1.807, 2.05) is 6.07 Å². The molecule has 1 aromatic carbocycles. The van der Waals surface area contributed by atoms with Crippen LogP contribution in [-0.2, 0) is 0 Å². The van der Waals surface area contributed by atoms with Crippen molar-refractivity contribution >= 4 is 22.7 Å². The fraction of sp³-hybridized carbons (Fsp3) is 0.450. The molecule has 2 aliphatic rings. The number of aromatic nitrogens is 1. The second-order valence-corrected chi connectivity index (χ2v) is 7.83. The maximum absolute atomic E-state index is 15.0. The Hall–Kier alpha value is -3.15. The molecule has 0 spiro atoms. The van der Waals surface area contributed by atoms with Crippen molar-refractivity contribution in [3.05, 3.63) is 39.4 Å². The van der Waals surface area contributed by atoms with E-state index >= 15 is 4.39 Å². The molecule has 2 N–H and O–H groups in total. The third-order valence-electron chi connectivity index (χ3n) is 5.69. The van der Waals surface area contributed by atoms with E-state index in [1.165, 1.54) is 12.1 Å². The van der Waals surface area contributed by atoms with Crippen LogP contribution in [0.2, 0.25) is 0 Å². The standard InChI is InChI=1S/C20H20F2N4O3/c1-11-16-12(6-13(8-23)18(27)26(16)14-2-3-14)7-15(21)17(11)25-5-4-20(22,10-25)9-24-19(28)29/h6-7,14,24H,2-5,9-10H2,1H3,(H,28,29). The van der Waals surface area contributed by atoms with Gasteiger partial charge in [-0.25, -0.2) is 13.6 Å². The van der Waals surface area contributed by atoms with Gasteiger partial charge in [-0.05, 0) is 37.5 Å². The highest BCUT2D eigenvalue weighted by Gasteiger charge is 2.40. The summed E-state index contributed by atoms with van der Waals surface area (Å²) in [4.78, 5) is 25.0. The summed E-state index contributed by atoms with van der Waals surface area (Å²) in [5.74, 6) is -0.560. The van der Waals surface area contributed by atoms with E-state index in [4.69, 9.17) is 5.11 Å². The van der Waals surface area contributed by atoms with Crippen LogP contribution in [0.3, 0.4) is 0 Å². The van der Waals surface area contributed by atoms with Crippen LogP contribution in [0.15, 0.2) is 16.9 Å². The summed E-state index contributed by atoms with van der Waals surface area (Å²) in [6.07, 6.45) is 0.380. The largest absolute Gasteiger partial charge is 0.465 e. The first kappa shape index (κ1) is 19.2. The number of hydrogen-bond donors (Lipinski definition) is 2. The number of pyridine rings is 1. The molecule has 2 fully saturated rings. The zero-order chi connectivity index (χ0) is 20.9. The third kappa shape index (κ3) is 3.28. The summed E-state index contributed by atoms with van der Waals surface area (Å²) in [5.41, 5.74) is -0.926. The number of nitrogens with zero attached hydrogens (tertiary/aromatic N) is 3. The predicted octanol–water partition coefficient (Wildman–Crippen LogP) is 2.84. The Morgan fingerprint density at radius 2 is 2.17 bits per heavy atom. The van der Waals surface area contributed by atoms with Crippen LogP contribution in [0.1, 0.15) is 36.4 Å². The molecule has 2 aromatic rings. The highest BCUT2D eigenvalue weighted by molar-refractivity contribution is 5.89. The maximum Gasteiger partial charge on any atom is 0.404 e. The summed E-state index contributed by atoms with van der Waals surface area (Å²) < 4.78 is 31.6. The van der Waals surface area contributed by atoms with E-state index < -0.39 is 23.1 Å². The van der Waals surface area contributed by atoms with Gasteiger partial charge < -0.3 is 19.9 Å². The second-order valence-electron chi connectivity index (χ2n) is 7.83. The first-order valence-corrected chi connectivity index (χ1v) is 9.43. The van der Waals surface area contributed by atoms with E-state index in [0.29, 0.717) is 16.5 Å². The summed E-state index contributed by atoms with van der Waals surface area (Å²) in [5, 5.41) is 20.5. The van der Waals surface area contributed by atoms with E-state index in [9.17, 15) is 19.2 Å². The molecule has 1 saturated carbocycles. The van der Waals surface area contributed by atoms with Crippen molar-refractivity contribution in [3.8, 4) is 6.07 Å². The number of carbonyl (C=O) groups is 1. The highest BCUT2D eigenvalue weighted by Crippen LogP contribution is 2.41. The van der Waals surface area contributed by atoms with Gasteiger partial charge in [0.2, 0.25) is 0 Å². The monoisotopic (exact) mass is 402 g/mol. The number of benzene rings is 1. The molecule has 0 bridgehead atoms. The number of carboxylic acid groups (broad SMARTS) is 1. The lowest BCUT2D eigenvalue weighted by molar-refractivity contribution is 0.163. The van der Waals surface area contributed by atoms with Gasteiger partial charge in [0.05, 0.1) is 24.3 Å². The minimum absolute atomic E-state index is 0.0195. The smallest absolute Gasteiger partial charge is 0.404 e. The van der Waals surface area contributed by atoms with Crippen molar-refractivity contribution in [1.82, 2.24) is 9.88 Å². The number of amides is 1. The number of halogens is 2. The summed E-state index contributed by atoms with van der Waals surface area (Å²) in [6, 6.07) is 4.54. The number of fused-ring (bicyclic) bond motifs is 1. The van der Waals surface area contributed by atoms with Gasteiger partial charge in [-0.15, -0.1) is 0 Å². The Bertz CT molecular complexity index is 1120. The van der Waals surface area contributed by atoms with E-state index in [2.05, 4.69) is 5.32 Å². The fourth-order valence-electron chi connectivity index (χ4n) is 4.21. The number of hydrogen-bond acceptors (Lipinski definition) is 4. The lowest BCUT2D eigenvalue weighted by atomic mass is 10.0. The molecule has 1 aliphatic carbocycles. The summed E-state index contributed by atoms with van der Waals surface area (Å²) >= 11 is 0. The average molecular weight is 402 g/mol. The van der Waals surface area contributed by atoms with E-state index in [-0.39, 0.29) is 43.3 Å². The Kier molecular flexibility index (Phi) is 4.45. The van der Waals surface area contributed by atoms with Crippen molar-refractivity contribution in [3.63, 3.8) is 0 Å². The number of anilines is 1. The maximum atomic E-state index is 15.0. The molecule has 0 radical (unpaired) electrons. The number of nitriles is 1. The molecule has 1 saturated heterocycles. The number of rotatable bonds is 4. The minimum Gasteiger partial charge on any atom is -0.465 e. The topological polar surface area (TPSA) is 98.4 Å². The molecule has 1 amide bonds. The van der Waals surface area contributed by atoms with Crippen LogP contribution in [-0.4, -0.2) is 41.1 Å². The van der Waals surface area contributed by atoms with Gasteiger partial charge >= 0.3 is 6.09 Å². The van der Waals surface area contributed by atoms with Crippen molar-refractivity contribution in [2.45, 2.75) is 37.9 Å². The molecular weight excluding hydrogens is 382 g/mol. The van der Waals surface area contributed by atoms with Gasteiger partial charge in [-0.1, -0.05) is 0 Å². The van der Waals surface area contributed by atoms with Gasteiger partial charge in [0.25, 0.3) is 5.56 Å². The zero-order valence-electron chi connectivity index (χ0n) is 15.8. The van der Waals surface area contributed by atoms with Crippen LogP contribution in [0.4, 0.5) is 19.3 Å².